The molecule has 0 spiro atoms. The number of likely N-dealkylation sites (N-methyl/N-ethyl adjacent to an activating group) is 2. The Balaban J connectivity index is 4.43. The second-order valence-electron chi connectivity index (χ2n) is 4.28. The van der Waals surface area contributed by atoms with Gasteiger partial charge < -0.3 is 0 Å². The fraction of sp³-hybridized carbons (Fsp3) is 1.00. The second-order valence-corrected chi connectivity index (χ2v) is 8.67. The molecule has 0 radical (unpaired) electrons. The van der Waals surface area contributed by atoms with Gasteiger partial charge in [0.15, 0.2) is 0 Å². The van der Waals surface area contributed by atoms with Gasteiger partial charge in [-0.15, -0.1) is 0 Å². The molecular formula is C10H24N2O4S2. The van der Waals surface area contributed by atoms with E-state index in [9.17, 15) is 16.8 Å². The second kappa shape index (κ2) is 7.42. The van der Waals surface area contributed by atoms with E-state index in [1.807, 2.05) is 0 Å². The first-order valence-electron chi connectivity index (χ1n) is 6.05. The van der Waals surface area contributed by atoms with Crippen LogP contribution in [0.1, 0.15) is 26.7 Å². The summed E-state index contributed by atoms with van der Waals surface area (Å²) >= 11 is 0. The van der Waals surface area contributed by atoms with Crippen molar-refractivity contribution in [1.82, 2.24) is 8.61 Å². The van der Waals surface area contributed by atoms with Crippen LogP contribution in [0.4, 0.5) is 0 Å². The molecule has 0 aliphatic carbocycles. The molecule has 0 saturated heterocycles. The molecule has 0 amide bonds. The van der Waals surface area contributed by atoms with E-state index in [2.05, 4.69) is 0 Å². The Kier molecular flexibility index (Phi) is 7.34. The zero-order chi connectivity index (χ0) is 14.4. The lowest BCUT2D eigenvalue weighted by Crippen LogP contribution is -2.38. The van der Waals surface area contributed by atoms with Gasteiger partial charge in [0.25, 0.3) is 0 Å². The summed E-state index contributed by atoms with van der Waals surface area (Å²) in [6.45, 7) is 3.95. The van der Waals surface area contributed by atoms with Gasteiger partial charge >= 0.3 is 0 Å². The van der Waals surface area contributed by atoms with Gasteiger partial charge in [-0.05, 0) is 12.8 Å². The standard InChI is InChI=1S/C10H24N2O4S2/c1-5-9-17(13,14)11(3)7-8-12(4)18(15,16)10-6-2/h5-10H2,1-4H3. The van der Waals surface area contributed by atoms with Crippen molar-refractivity contribution in [2.24, 2.45) is 0 Å². The van der Waals surface area contributed by atoms with Crippen molar-refractivity contribution in [2.75, 3.05) is 38.7 Å². The minimum Gasteiger partial charge on any atom is -0.212 e. The van der Waals surface area contributed by atoms with E-state index < -0.39 is 20.0 Å². The Morgan fingerprint density at radius 3 is 1.22 bits per heavy atom. The van der Waals surface area contributed by atoms with E-state index in [0.717, 1.165) is 0 Å². The van der Waals surface area contributed by atoms with Gasteiger partial charge in [-0.1, -0.05) is 13.8 Å². The van der Waals surface area contributed by atoms with Crippen molar-refractivity contribution in [3.63, 3.8) is 0 Å². The van der Waals surface area contributed by atoms with Crippen LogP contribution in [0.3, 0.4) is 0 Å². The minimum absolute atomic E-state index is 0.0922. The highest BCUT2D eigenvalue weighted by atomic mass is 32.2. The van der Waals surface area contributed by atoms with Crippen LogP contribution >= 0.6 is 0 Å². The predicted octanol–water partition coefficient (Wildman–Crippen LogP) is 0.330. The summed E-state index contributed by atoms with van der Waals surface area (Å²) in [4.78, 5) is 0. The van der Waals surface area contributed by atoms with Crippen LogP contribution in [0.5, 0.6) is 0 Å². The van der Waals surface area contributed by atoms with E-state index >= 15 is 0 Å². The zero-order valence-corrected chi connectivity index (χ0v) is 13.2. The lowest BCUT2D eigenvalue weighted by Gasteiger charge is -2.21. The molecule has 0 heterocycles. The van der Waals surface area contributed by atoms with Crippen LogP contribution in [-0.2, 0) is 20.0 Å². The first-order chi connectivity index (χ1) is 8.17. The average molecular weight is 300 g/mol. The van der Waals surface area contributed by atoms with Gasteiger partial charge in [-0.3, -0.25) is 0 Å². The first kappa shape index (κ1) is 17.8. The Bertz CT molecular complexity index is 389. The van der Waals surface area contributed by atoms with Gasteiger partial charge in [0.1, 0.15) is 0 Å². The van der Waals surface area contributed by atoms with Gasteiger partial charge in [0, 0.05) is 27.2 Å². The Hall–Kier alpha value is -0.180. The van der Waals surface area contributed by atoms with Crippen molar-refractivity contribution < 1.29 is 16.8 Å². The average Bonchev–Trinajstić information content (AvgIpc) is 2.24. The molecule has 0 N–H and O–H groups in total. The van der Waals surface area contributed by atoms with Crippen molar-refractivity contribution in [2.45, 2.75) is 26.7 Å². The molecular weight excluding hydrogens is 276 g/mol. The van der Waals surface area contributed by atoms with Gasteiger partial charge in [0.2, 0.25) is 20.0 Å². The summed E-state index contributed by atoms with van der Waals surface area (Å²) in [5.41, 5.74) is 0. The SMILES string of the molecule is CCCS(=O)(=O)N(C)CCN(C)S(=O)(=O)CCC. The van der Waals surface area contributed by atoms with Crippen LogP contribution in [-0.4, -0.2) is 64.1 Å². The Labute approximate surface area is 111 Å². The molecule has 0 bridgehead atoms. The summed E-state index contributed by atoms with van der Waals surface area (Å²) in [7, 11) is -3.55. The van der Waals surface area contributed by atoms with E-state index in [4.69, 9.17) is 0 Å². The zero-order valence-electron chi connectivity index (χ0n) is 11.6. The summed E-state index contributed by atoms with van der Waals surface area (Å²) in [5.74, 6) is 0.184. The van der Waals surface area contributed by atoms with E-state index in [-0.39, 0.29) is 24.6 Å². The predicted molar refractivity (Wildman–Crippen MR) is 73.4 cm³/mol. The van der Waals surface area contributed by atoms with Crippen LogP contribution in [0.25, 0.3) is 0 Å². The molecule has 0 saturated carbocycles. The molecule has 110 valence electrons. The molecule has 0 aliphatic rings. The topological polar surface area (TPSA) is 74.8 Å². The van der Waals surface area contributed by atoms with Crippen LogP contribution in [0.2, 0.25) is 0 Å². The highest BCUT2D eigenvalue weighted by Crippen LogP contribution is 2.03. The van der Waals surface area contributed by atoms with Gasteiger partial charge in [0.05, 0.1) is 11.5 Å². The summed E-state index contributed by atoms with van der Waals surface area (Å²) < 4.78 is 49.1. The summed E-state index contributed by atoms with van der Waals surface area (Å²) in [6.07, 6.45) is 1.10. The highest BCUT2D eigenvalue weighted by molar-refractivity contribution is 7.89. The number of rotatable bonds is 9. The van der Waals surface area contributed by atoms with Crippen molar-refractivity contribution in [1.29, 1.82) is 0 Å². The molecule has 0 rings (SSSR count). The molecule has 0 atom stereocenters. The third kappa shape index (κ3) is 5.64. The lowest BCUT2D eigenvalue weighted by atomic mass is 10.6. The maximum Gasteiger partial charge on any atom is 0.213 e. The summed E-state index contributed by atoms with van der Waals surface area (Å²) in [5, 5.41) is 0. The number of hydrogen-bond donors (Lipinski definition) is 0. The van der Waals surface area contributed by atoms with Crippen molar-refractivity contribution >= 4 is 20.0 Å². The first-order valence-corrected chi connectivity index (χ1v) is 9.27. The molecule has 0 aromatic heterocycles. The number of hydrogen-bond acceptors (Lipinski definition) is 4. The quantitative estimate of drug-likeness (QED) is 0.615. The maximum absolute atomic E-state index is 11.7. The van der Waals surface area contributed by atoms with Crippen LogP contribution in [0, 0.1) is 0 Å². The van der Waals surface area contributed by atoms with E-state index in [0.29, 0.717) is 12.8 Å². The number of nitrogens with zero attached hydrogens (tertiary/aromatic N) is 2. The monoisotopic (exact) mass is 300 g/mol. The molecule has 0 unspecified atom stereocenters. The molecule has 18 heavy (non-hydrogen) atoms. The minimum atomic E-state index is -3.25. The van der Waals surface area contributed by atoms with Crippen molar-refractivity contribution in [3.05, 3.63) is 0 Å². The van der Waals surface area contributed by atoms with Crippen LogP contribution in [0.15, 0.2) is 0 Å². The molecule has 6 nitrogen and oxygen atoms in total. The van der Waals surface area contributed by atoms with Crippen molar-refractivity contribution in [3.8, 4) is 0 Å². The maximum atomic E-state index is 11.7. The van der Waals surface area contributed by atoms with E-state index in [1.54, 1.807) is 13.8 Å². The normalized spacial score (nSPS) is 13.4. The number of sulfonamides is 2. The highest BCUT2D eigenvalue weighted by Gasteiger charge is 2.20. The van der Waals surface area contributed by atoms with E-state index in [1.165, 1.54) is 22.7 Å². The lowest BCUT2D eigenvalue weighted by molar-refractivity contribution is 0.404. The fourth-order valence-corrected chi connectivity index (χ4v) is 3.76. The molecule has 0 aromatic carbocycles. The van der Waals surface area contributed by atoms with Crippen LogP contribution < -0.4 is 0 Å². The largest absolute Gasteiger partial charge is 0.213 e. The Morgan fingerprint density at radius 2 is 1.00 bits per heavy atom. The molecule has 0 fully saturated rings. The summed E-state index contributed by atoms with van der Waals surface area (Å²) in [6, 6.07) is 0. The third-order valence-corrected chi connectivity index (χ3v) is 6.72. The van der Waals surface area contributed by atoms with Gasteiger partial charge in [-0.25, -0.2) is 25.4 Å². The fourth-order valence-electron chi connectivity index (χ4n) is 1.39. The smallest absolute Gasteiger partial charge is 0.212 e. The Morgan fingerprint density at radius 1 is 0.722 bits per heavy atom. The molecule has 0 aliphatic heterocycles. The molecule has 0 aromatic rings. The molecule has 8 heteroatoms. The third-order valence-electron chi connectivity index (χ3n) is 2.60. The van der Waals surface area contributed by atoms with Gasteiger partial charge in [-0.2, -0.15) is 0 Å².